The molecule has 1 heterocycles. The van der Waals surface area contributed by atoms with Gasteiger partial charge in [0.25, 0.3) is 5.91 Å². The topological polar surface area (TPSA) is 71.8 Å². The molecule has 1 aromatic heterocycles. The number of nitrogens with zero attached hydrogens (tertiary/aromatic N) is 1. The van der Waals surface area contributed by atoms with E-state index in [1.807, 2.05) is 31.2 Å². The zero-order valence-corrected chi connectivity index (χ0v) is 14.1. The molecule has 6 nitrogen and oxygen atoms in total. The Hall–Kier alpha value is -2.76. The van der Waals surface area contributed by atoms with Crippen molar-refractivity contribution in [2.45, 2.75) is 26.4 Å². The molecule has 2 aromatic rings. The maximum Gasteiger partial charge on any atom is 0.287 e. The van der Waals surface area contributed by atoms with Crippen LogP contribution in [-0.4, -0.2) is 36.4 Å². The highest BCUT2D eigenvalue weighted by Crippen LogP contribution is 2.13. The SMILES string of the molecule is CCOc1ccc(CN(C)C(=O)C(C)NC(=O)c2ccco2)cc1. The fourth-order valence-electron chi connectivity index (χ4n) is 2.28. The van der Waals surface area contributed by atoms with Crippen molar-refractivity contribution in [2.24, 2.45) is 0 Å². The number of carbonyl (C=O) groups excluding carboxylic acids is 2. The van der Waals surface area contributed by atoms with Crippen molar-refractivity contribution in [1.29, 1.82) is 0 Å². The van der Waals surface area contributed by atoms with E-state index in [2.05, 4.69) is 5.32 Å². The molecule has 6 heteroatoms. The standard InChI is InChI=1S/C18H22N2O4/c1-4-23-15-9-7-14(8-10-15)12-20(3)18(22)13(2)19-17(21)16-6-5-11-24-16/h5-11,13H,4,12H2,1-3H3,(H,19,21). The van der Waals surface area contributed by atoms with Crippen LogP contribution in [0.15, 0.2) is 47.1 Å². The predicted octanol–water partition coefficient (Wildman–Crippen LogP) is 2.46. The lowest BCUT2D eigenvalue weighted by Crippen LogP contribution is -2.45. The summed E-state index contributed by atoms with van der Waals surface area (Å²) in [5.41, 5.74) is 0.985. The van der Waals surface area contributed by atoms with Crippen LogP contribution in [0.25, 0.3) is 0 Å². The van der Waals surface area contributed by atoms with Crippen LogP contribution in [0.5, 0.6) is 5.75 Å². The molecule has 0 aliphatic heterocycles. The van der Waals surface area contributed by atoms with Crippen molar-refractivity contribution < 1.29 is 18.7 Å². The lowest BCUT2D eigenvalue weighted by atomic mass is 10.2. The van der Waals surface area contributed by atoms with Gasteiger partial charge in [0.15, 0.2) is 5.76 Å². The highest BCUT2D eigenvalue weighted by Gasteiger charge is 2.21. The third-order valence-electron chi connectivity index (χ3n) is 3.49. The van der Waals surface area contributed by atoms with Crippen molar-refractivity contribution in [3.8, 4) is 5.75 Å². The number of rotatable bonds is 7. The Morgan fingerprint density at radius 1 is 1.25 bits per heavy atom. The van der Waals surface area contributed by atoms with Crippen molar-refractivity contribution in [1.82, 2.24) is 10.2 Å². The fraction of sp³-hybridized carbons (Fsp3) is 0.333. The number of benzene rings is 1. The van der Waals surface area contributed by atoms with Gasteiger partial charge in [-0.3, -0.25) is 9.59 Å². The Balaban J connectivity index is 1.89. The minimum atomic E-state index is -0.643. The van der Waals surface area contributed by atoms with Gasteiger partial charge in [-0.25, -0.2) is 0 Å². The average molecular weight is 330 g/mol. The van der Waals surface area contributed by atoms with E-state index < -0.39 is 11.9 Å². The monoisotopic (exact) mass is 330 g/mol. The van der Waals surface area contributed by atoms with Gasteiger partial charge in [-0.1, -0.05) is 12.1 Å². The normalized spacial score (nSPS) is 11.6. The maximum absolute atomic E-state index is 12.4. The summed E-state index contributed by atoms with van der Waals surface area (Å²) in [6, 6.07) is 10.1. The minimum Gasteiger partial charge on any atom is -0.494 e. The molecule has 0 spiro atoms. The van der Waals surface area contributed by atoms with Gasteiger partial charge in [0.2, 0.25) is 5.91 Å². The fourth-order valence-corrected chi connectivity index (χ4v) is 2.28. The predicted molar refractivity (Wildman–Crippen MR) is 89.7 cm³/mol. The molecule has 1 atom stereocenters. The number of likely N-dealkylation sites (N-methyl/N-ethyl adjacent to an activating group) is 1. The zero-order valence-electron chi connectivity index (χ0n) is 14.1. The van der Waals surface area contributed by atoms with Crippen LogP contribution in [0, 0.1) is 0 Å². The molecule has 0 fully saturated rings. The van der Waals surface area contributed by atoms with Crippen molar-refractivity contribution in [3.05, 3.63) is 54.0 Å². The second-order valence-electron chi connectivity index (χ2n) is 5.44. The summed E-state index contributed by atoms with van der Waals surface area (Å²) in [6.45, 7) is 4.65. The molecule has 2 rings (SSSR count). The number of hydrogen-bond donors (Lipinski definition) is 1. The first-order valence-corrected chi connectivity index (χ1v) is 7.82. The number of ether oxygens (including phenoxy) is 1. The molecule has 1 N–H and O–H groups in total. The van der Waals surface area contributed by atoms with Gasteiger partial charge in [0, 0.05) is 13.6 Å². The molecule has 1 unspecified atom stereocenters. The van der Waals surface area contributed by atoms with Crippen molar-refractivity contribution >= 4 is 11.8 Å². The molecular weight excluding hydrogens is 308 g/mol. The molecule has 0 bridgehead atoms. The summed E-state index contributed by atoms with van der Waals surface area (Å²) >= 11 is 0. The van der Waals surface area contributed by atoms with Crippen molar-refractivity contribution in [3.63, 3.8) is 0 Å². The smallest absolute Gasteiger partial charge is 0.287 e. The highest BCUT2D eigenvalue weighted by atomic mass is 16.5. The Labute approximate surface area is 141 Å². The van der Waals surface area contributed by atoms with E-state index in [9.17, 15) is 9.59 Å². The first kappa shape index (κ1) is 17.6. The molecule has 0 saturated heterocycles. The molecule has 2 amide bonds. The average Bonchev–Trinajstić information content (AvgIpc) is 3.10. The molecule has 24 heavy (non-hydrogen) atoms. The second-order valence-corrected chi connectivity index (χ2v) is 5.44. The Kier molecular flexibility index (Phi) is 6.01. The lowest BCUT2D eigenvalue weighted by molar-refractivity contribution is -0.132. The van der Waals surface area contributed by atoms with E-state index in [1.54, 1.807) is 31.0 Å². The van der Waals surface area contributed by atoms with E-state index in [-0.39, 0.29) is 11.7 Å². The number of nitrogens with one attached hydrogen (secondary N) is 1. The first-order chi connectivity index (χ1) is 11.5. The summed E-state index contributed by atoms with van der Waals surface area (Å²) < 4.78 is 10.4. The van der Waals surface area contributed by atoms with Crippen LogP contribution in [0.1, 0.15) is 30.0 Å². The minimum absolute atomic E-state index is 0.177. The third kappa shape index (κ3) is 4.62. The molecule has 0 aliphatic rings. The van der Waals surface area contributed by atoms with E-state index >= 15 is 0 Å². The summed E-state index contributed by atoms with van der Waals surface area (Å²) in [7, 11) is 1.70. The van der Waals surface area contributed by atoms with Crippen LogP contribution in [0.2, 0.25) is 0 Å². The van der Waals surface area contributed by atoms with Crippen LogP contribution < -0.4 is 10.1 Å². The third-order valence-corrected chi connectivity index (χ3v) is 3.49. The summed E-state index contributed by atoms with van der Waals surface area (Å²) in [4.78, 5) is 25.9. The molecule has 128 valence electrons. The molecule has 1 aromatic carbocycles. The first-order valence-electron chi connectivity index (χ1n) is 7.82. The van der Waals surface area contributed by atoms with Gasteiger partial charge in [0.05, 0.1) is 12.9 Å². The van der Waals surface area contributed by atoms with Gasteiger partial charge in [-0.05, 0) is 43.7 Å². The Bertz CT molecular complexity index is 665. The van der Waals surface area contributed by atoms with E-state index in [1.165, 1.54) is 6.26 Å². The van der Waals surface area contributed by atoms with Gasteiger partial charge < -0.3 is 19.4 Å². The summed E-state index contributed by atoms with van der Waals surface area (Å²) in [5, 5.41) is 2.63. The van der Waals surface area contributed by atoms with Gasteiger partial charge in [-0.2, -0.15) is 0 Å². The highest BCUT2D eigenvalue weighted by molar-refractivity contribution is 5.95. The maximum atomic E-state index is 12.4. The van der Waals surface area contributed by atoms with Crippen molar-refractivity contribution in [2.75, 3.05) is 13.7 Å². The van der Waals surface area contributed by atoms with Gasteiger partial charge in [-0.15, -0.1) is 0 Å². The quantitative estimate of drug-likeness (QED) is 0.846. The van der Waals surface area contributed by atoms with Crippen LogP contribution in [0.3, 0.4) is 0 Å². The van der Waals surface area contributed by atoms with Crippen LogP contribution in [-0.2, 0) is 11.3 Å². The number of furan rings is 1. The van der Waals surface area contributed by atoms with Gasteiger partial charge in [0.1, 0.15) is 11.8 Å². The number of carbonyl (C=O) groups is 2. The Morgan fingerprint density at radius 3 is 2.54 bits per heavy atom. The van der Waals surface area contributed by atoms with Gasteiger partial charge >= 0.3 is 0 Å². The zero-order chi connectivity index (χ0) is 17.5. The van der Waals surface area contributed by atoms with E-state index in [4.69, 9.17) is 9.15 Å². The summed E-state index contributed by atoms with van der Waals surface area (Å²) in [5.74, 6) is 0.400. The number of amides is 2. The molecule has 0 radical (unpaired) electrons. The van der Waals surface area contributed by atoms with E-state index in [0.29, 0.717) is 13.2 Å². The summed E-state index contributed by atoms with van der Waals surface area (Å²) in [6.07, 6.45) is 1.42. The molecular formula is C18H22N2O4. The van der Waals surface area contributed by atoms with Crippen LogP contribution in [0.4, 0.5) is 0 Å². The lowest BCUT2D eigenvalue weighted by Gasteiger charge is -2.22. The Morgan fingerprint density at radius 2 is 1.96 bits per heavy atom. The number of hydrogen-bond acceptors (Lipinski definition) is 4. The molecule has 0 saturated carbocycles. The van der Waals surface area contributed by atoms with E-state index in [0.717, 1.165) is 11.3 Å². The largest absolute Gasteiger partial charge is 0.494 e. The van der Waals surface area contributed by atoms with Crippen LogP contribution >= 0.6 is 0 Å². The second kappa shape index (κ2) is 8.19. The molecule has 0 aliphatic carbocycles.